The zero-order valence-corrected chi connectivity index (χ0v) is 15.7. The Bertz CT molecular complexity index is 708. The third-order valence-corrected chi connectivity index (χ3v) is 4.05. The van der Waals surface area contributed by atoms with Gasteiger partial charge in [-0.05, 0) is 31.0 Å². The van der Waals surface area contributed by atoms with Crippen LogP contribution in [-0.4, -0.2) is 18.7 Å². The number of amides is 1. The summed E-state index contributed by atoms with van der Waals surface area (Å²) >= 11 is 0. The minimum Gasteiger partial charge on any atom is -0.493 e. The summed E-state index contributed by atoms with van der Waals surface area (Å²) in [5, 5.41) is 4.07. The molecule has 0 aromatic heterocycles. The zero-order valence-electron chi connectivity index (χ0n) is 15.7. The molecule has 2 rings (SSSR count). The van der Waals surface area contributed by atoms with Gasteiger partial charge in [0.25, 0.3) is 0 Å². The van der Waals surface area contributed by atoms with Crippen LogP contribution >= 0.6 is 0 Å². The molecule has 4 nitrogen and oxygen atoms in total. The number of aryl methyl sites for hydroxylation is 1. The van der Waals surface area contributed by atoms with Crippen LogP contribution < -0.4 is 10.2 Å². The van der Waals surface area contributed by atoms with Gasteiger partial charge in [-0.2, -0.15) is 5.10 Å². The van der Waals surface area contributed by atoms with Crippen molar-refractivity contribution in [1.29, 1.82) is 0 Å². The molecule has 0 atom stereocenters. The standard InChI is InChI=1S/C22H28N2O2/c1-3-4-5-8-15-26-21-10-7-6-9-20(21)17-23-24-22(25)16-19-13-11-18(2)12-14-19/h6-7,9-14,17H,3-5,8,15-16H2,1-2H3,(H,24,25)/b23-17-. The predicted molar refractivity (Wildman–Crippen MR) is 107 cm³/mol. The quantitative estimate of drug-likeness (QED) is 0.384. The van der Waals surface area contributed by atoms with E-state index < -0.39 is 0 Å². The average Bonchev–Trinajstić information content (AvgIpc) is 2.64. The highest BCUT2D eigenvalue weighted by Crippen LogP contribution is 2.16. The first kappa shape index (κ1) is 19.7. The number of ether oxygens (including phenoxy) is 1. The summed E-state index contributed by atoms with van der Waals surface area (Å²) in [7, 11) is 0. The van der Waals surface area contributed by atoms with E-state index in [-0.39, 0.29) is 5.91 Å². The predicted octanol–water partition coefficient (Wildman–Crippen LogP) is 4.65. The van der Waals surface area contributed by atoms with Gasteiger partial charge < -0.3 is 4.74 Å². The van der Waals surface area contributed by atoms with Crippen LogP contribution in [0.25, 0.3) is 0 Å². The molecule has 0 saturated carbocycles. The molecule has 0 aliphatic carbocycles. The van der Waals surface area contributed by atoms with E-state index in [4.69, 9.17) is 4.74 Å². The zero-order chi connectivity index (χ0) is 18.6. The number of benzene rings is 2. The lowest BCUT2D eigenvalue weighted by Gasteiger charge is -2.08. The van der Waals surface area contributed by atoms with E-state index in [1.54, 1.807) is 6.21 Å². The van der Waals surface area contributed by atoms with E-state index in [9.17, 15) is 4.79 Å². The number of hydrogen-bond acceptors (Lipinski definition) is 3. The number of carbonyl (C=O) groups is 1. The van der Waals surface area contributed by atoms with Gasteiger partial charge in [0.2, 0.25) is 5.91 Å². The second-order valence-electron chi connectivity index (χ2n) is 6.40. The monoisotopic (exact) mass is 352 g/mol. The minimum absolute atomic E-state index is 0.136. The summed E-state index contributed by atoms with van der Waals surface area (Å²) in [5.41, 5.74) is 5.59. The molecule has 2 aromatic rings. The number of unbranched alkanes of at least 4 members (excludes halogenated alkanes) is 3. The first-order valence-electron chi connectivity index (χ1n) is 9.28. The molecule has 0 saturated heterocycles. The number of carbonyl (C=O) groups excluding carboxylic acids is 1. The van der Waals surface area contributed by atoms with E-state index in [0.29, 0.717) is 13.0 Å². The maximum Gasteiger partial charge on any atom is 0.244 e. The third kappa shape index (κ3) is 7.09. The van der Waals surface area contributed by atoms with Crippen LogP contribution in [0.5, 0.6) is 5.75 Å². The molecule has 0 radical (unpaired) electrons. The Morgan fingerprint density at radius 3 is 2.62 bits per heavy atom. The van der Waals surface area contributed by atoms with E-state index >= 15 is 0 Å². The molecular formula is C22H28N2O2. The molecule has 0 heterocycles. The van der Waals surface area contributed by atoms with Crippen LogP contribution in [0.15, 0.2) is 53.6 Å². The lowest BCUT2D eigenvalue weighted by atomic mass is 10.1. The Morgan fingerprint density at radius 1 is 1.08 bits per heavy atom. The first-order valence-corrected chi connectivity index (χ1v) is 9.28. The number of nitrogens with zero attached hydrogens (tertiary/aromatic N) is 1. The molecule has 2 aromatic carbocycles. The van der Waals surface area contributed by atoms with Gasteiger partial charge in [-0.3, -0.25) is 4.79 Å². The highest BCUT2D eigenvalue weighted by Gasteiger charge is 2.03. The lowest BCUT2D eigenvalue weighted by Crippen LogP contribution is -2.19. The van der Waals surface area contributed by atoms with Gasteiger partial charge in [-0.25, -0.2) is 5.43 Å². The van der Waals surface area contributed by atoms with Crippen LogP contribution in [0.2, 0.25) is 0 Å². The van der Waals surface area contributed by atoms with Crippen LogP contribution in [0.4, 0.5) is 0 Å². The van der Waals surface area contributed by atoms with Crippen LogP contribution in [-0.2, 0) is 11.2 Å². The normalized spacial score (nSPS) is 10.8. The van der Waals surface area contributed by atoms with Gasteiger partial charge in [-0.1, -0.05) is 68.1 Å². The molecule has 138 valence electrons. The fourth-order valence-electron chi connectivity index (χ4n) is 2.53. The molecule has 0 aliphatic heterocycles. The number of para-hydroxylation sites is 1. The number of rotatable bonds is 10. The Hall–Kier alpha value is -2.62. The van der Waals surface area contributed by atoms with Crippen molar-refractivity contribution in [2.75, 3.05) is 6.61 Å². The van der Waals surface area contributed by atoms with Crippen molar-refractivity contribution in [2.24, 2.45) is 5.10 Å². The van der Waals surface area contributed by atoms with Crippen LogP contribution in [0.1, 0.15) is 49.3 Å². The molecule has 0 fully saturated rings. The molecular weight excluding hydrogens is 324 g/mol. The summed E-state index contributed by atoms with van der Waals surface area (Å²) < 4.78 is 5.84. The van der Waals surface area contributed by atoms with Gasteiger partial charge in [0.05, 0.1) is 19.2 Å². The molecule has 0 unspecified atom stereocenters. The summed E-state index contributed by atoms with van der Waals surface area (Å²) in [6.07, 6.45) is 6.63. The maximum absolute atomic E-state index is 12.0. The van der Waals surface area contributed by atoms with E-state index in [1.165, 1.54) is 24.8 Å². The van der Waals surface area contributed by atoms with Gasteiger partial charge in [0, 0.05) is 5.56 Å². The van der Waals surface area contributed by atoms with Crippen LogP contribution in [0.3, 0.4) is 0 Å². The Morgan fingerprint density at radius 2 is 1.85 bits per heavy atom. The lowest BCUT2D eigenvalue weighted by molar-refractivity contribution is -0.120. The minimum atomic E-state index is -0.136. The number of hydrazone groups is 1. The van der Waals surface area contributed by atoms with Gasteiger partial charge in [0.15, 0.2) is 0 Å². The second-order valence-corrected chi connectivity index (χ2v) is 6.40. The molecule has 26 heavy (non-hydrogen) atoms. The topological polar surface area (TPSA) is 50.7 Å². The summed E-state index contributed by atoms with van der Waals surface area (Å²) in [6.45, 7) is 4.92. The van der Waals surface area contributed by atoms with Crippen molar-refractivity contribution in [1.82, 2.24) is 5.43 Å². The van der Waals surface area contributed by atoms with E-state index in [2.05, 4.69) is 17.5 Å². The molecule has 0 aliphatic rings. The van der Waals surface area contributed by atoms with Crippen molar-refractivity contribution in [3.05, 3.63) is 65.2 Å². The first-order chi connectivity index (χ1) is 12.7. The number of hydrogen-bond donors (Lipinski definition) is 1. The maximum atomic E-state index is 12.0. The smallest absolute Gasteiger partial charge is 0.244 e. The molecule has 4 heteroatoms. The SMILES string of the molecule is CCCCCCOc1ccccc1/C=N\NC(=O)Cc1ccc(C)cc1. The average molecular weight is 352 g/mol. The van der Waals surface area contributed by atoms with Crippen molar-refractivity contribution in [3.63, 3.8) is 0 Å². The fraction of sp³-hybridized carbons (Fsp3) is 0.364. The van der Waals surface area contributed by atoms with Crippen molar-refractivity contribution < 1.29 is 9.53 Å². The third-order valence-electron chi connectivity index (χ3n) is 4.05. The van der Waals surface area contributed by atoms with Crippen molar-refractivity contribution in [3.8, 4) is 5.75 Å². The highest BCUT2D eigenvalue weighted by molar-refractivity contribution is 5.85. The second kappa shape index (κ2) is 11.1. The molecule has 0 spiro atoms. The molecule has 1 N–H and O–H groups in total. The van der Waals surface area contributed by atoms with Gasteiger partial charge in [0.1, 0.15) is 5.75 Å². The fourth-order valence-corrected chi connectivity index (χ4v) is 2.53. The number of nitrogens with one attached hydrogen (secondary N) is 1. The van der Waals surface area contributed by atoms with Crippen molar-refractivity contribution >= 4 is 12.1 Å². The van der Waals surface area contributed by atoms with Crippen molar-refractivity contribution in [2.45, 2.75) is 46.0 Å². The molecule has 0 bridgehead atoms. The highest BCUT2D eigenvalue weighted by atomic mass is 16.5. The summed E-state index contributed by atoms with van der Waals surface area (Å²) in [5.74, 6) is 0.656. The Kier molecular flexibility index (Phi) is 8.40. The molecule has 1 amide bonds. The summed E-state index contributed by atoms with van der Waals surface area (Å²) in [6, 6.07) is 15.6. The van der Waals surface area contributed by atoms with Crippen LogP contribution in [0, 0.1) is 6.92 Å². The largest absolute Gasteiger partial charge is 0.493 e. The Balaban J connectivity index is 1.83. The summed E-state index contributed by atoms with van der Waals surface area (Å²) in [4.78, 5) is 12.0. The van der Waals surface area contributed by atoms with E-state index in [1.807, 2.05) is 55.5 Å². The van der Waals surface area contributed by atoms with Gasteiger partial charge >= 0.3 is 0 Å². The van der Waals surface area contributed by atoms with Gasteiger partial charge in [-0.15, -0.1) is 0 Å². The van der Waals surface area contributed by atoms with E-state index in [0.717, 1.165) is 23.3 Å². The Labute approximate surface area is 156 Å².